The van der Waals surface area contributed by atoms with E-state index in [4.69, 9.17) is 16.3 Å². The fourth-order valence-corrected chi connectivity index (χ4v) is 7.96. The zero-order valence-electron chi connectivity index (χ0n) is 18.7. The number of sulfonamides is 1. The minimum absolute atomic E-state index is 0.0140. The summed E-state index contributed by atoms with van der Waals surface area (Å²) in [5.41, 5.74) is 1.22. The quantitative estimate of drug-likeness (QED) is 0.304. The molecular formula is C25H21ClF3NO4S2. The average molecular weight is 556 g/mol. The lowest BCUT2D eigenvalue weighted by molar-refractivity contribution is -0.137. The van der Waals surface area contributed by atoms with Crippen LogP contribution in [0.2, 0.25) is 4.34 Å². The molecule has 2 unspecified atom stereocenters. The molecule has 2 aliphatic carbocycles. The highest BCUT2D eigenvalue weighted by molar-refractivity contribution is 7.91. The number of carbonyl (C=O) groups excluding carboxylic acids is 1. The molecular weight excluding hydrogens is 535 g/mol. The number of esters is 1. The summed E-state index contributed by atoms with van der Waals surface area (Å²) in [5.74, 6) is -0.231. The molecule has 2 aliphatic rings. The van der Waals surface area contributed by atoms with Gasteiger partial charge in [-0.1, -0.05) is 17.7 Å². The lowest BCUT2D eigenvalue weighted by Crippen LogP contribution is -2.41. The molecule has 2 aromatic carbocycles. The van der Waals surface area contributed by atoms with Gasteiger partial charge in [0.15, 0.2) is 0 Å². The summed E-state index contributed by atoms with van der Waals surface area (Å²) in [5, 5.41) is 0. The monoisotopic (exact) mass is 555 g/mol. The van der Waals surface area contributed by atoms with Crippen LogP contribution in [0.5, 0.6) is 5.75 Å². The Kier molecular flexibility index (Phi) is 6.65. The summed E-state index contributed by atoms with van der Waals surface area (Å²) in [7, 11) is -3.69. The Bertz CT molecular complexity index is 1400. The van der Waals surface area contributed by atoms with Gasteiger partial charge in [-0.15, -0.1) is 11.3 Å². The maximum absolute atomic E-state index is 12.9. The largest absolute Gasteiger partial charge is 0.423 e. The summed E-state index contributed by atoms with van der Waals surface area (Å²) >= 11 is 6.94. The third-order valence-corrected chi connectivity index (χ3v) is 10.0. The average Bonchev–Trinajstić information content (AvgIpc) is 3.37. The molecule has 11 heteroatoms. The van der Waals surface area contributed by atoms with Gasteiger partial charge in [-0.05, 0) is 97.2 Å². The molecule has 0 spiro atoms. The first kappa shape index (κ1) is 25.3. The first-order chi connectivity index (χ1) is 17.0. The number of alkyl halides is 3. The summed E-state index contributed by atoms with van der Waals surface area (Å²) < 4.78 is 73.1. The normalized spacial score (nSPS) is 21.6. The van der Waals surface area contributed by atoms with E-state index in [0.717, 1.165) is 59.6 Å². The number of thiophene rings is 1. The number of hydrogen-bond acceptors (Lipinski definition) is 5. The highest BCUT2D eigenvalue weighted by Crippen LogP contribution is 2.42. The third kappa shape index (κ3) is 5.18. The highest BCUT2D eigenvalue weighted by atomic mass is 35.5. The van der Waals surface area contributed by atoms with Gasteiger partial charge in [0, 0.05) is 6.04 Å². The van der Waals surface area contributed by atoms with Gasteiger partial charge in [0.2, 0.25) is 10.0 Å². The van der Waals surface area contributed by atoms with Crippen molar-refractivity contribution in [2.75, 3.05) is 0 Å². The van der Waals surface area contributed by atoms with E-state index >= 15 is 0 Å². The maximum atomic E-state index is 12.9. The van der Waals surface area contributed by atoms with Crippen molar-refractivity contribution in [3.63, 3.8) is 0 Å². The van der Waals surface area contributed by atoms with Crippen LogP contribution < -0.4 is 9.46 Å². The van der Waals surface area contributed by atoms with Crippen molar-refractivity contribution in [2.45, 2.75) is 42.1 Å². The predicted octanol–water partition coefficient (Wildman–Crippen LogP) is 6.11. The van der Waals surface area contributed by atoms with E-state index in [2.05, 4.69) is 4.72 Å². The molecule has 5 nitrogen and oxygen atoms in total. The smallest absolute Gasteiger partial charge is 0.416 e. The van der Waals surface area contributed by atoms with Crippen molar-refractivity contribution in [2.24, 2.45) is 11.8 Å². The lowest BCUT2D eigenvalue weighted by atomic mass is 9.93. The van der Waals surface area contributed by atoms with E-state index in [1.165, 1.54) is 6.07 Å². The lowest BCUT2D eigenvalue weighted by Gasteiger charge is -2.23. The van der Waals surface area contributed by atoms with Crippen LogP contribution in [0.1, 0.15) is 39.9 Å². The van der Waals surface area contributed by atoms with Gasteiger partial charge in [-0.25, -0.2) is 17.9 Å². The molecule has 3 aromatic rings. The molecule has 0 aliphatic heterocycles. The Morgan fingerprint density at radius 2 is 1.64 bits per heavy atom. The Morgan fingerprint density at radius 3 is 2.25 bits per heavy atom. The van der Waals surface area contributed by atoms with Crippen LogP contribution >= 0.6 is 22.9 Å². The zero-order chi connectivity index (χ0) is 25.7. The minimum atomic E-state index is -4.48. The van der Waals surface area contributed by atoms with Gasteiger partial charge >= 0.3 is 12.1 Å². The number of carbonyl (C=O) groups is 1. The number of fused-ring (bicyclic) bond motifs is 3. The minimum Gasteiger partial charge on any atom is -0.423 e. The molecule has 2 bridgehead atoms. The molecule has 190 valence electrons. The molecule has 0 amide bonds. The summed E-state index contributed by atoms with van der Waals surface area (Å²) in [6, 6.07) is 12.0. The van der Waals surface area contributed by atoms with E-state index in [1.54, 1.807) is 18.2 Å². The standard InChI is InChI=1S/C25H21ClF3NO4S2/c26-21-9-10-22(35-21)36(32,33)30-23-16-1-2-17(23)12-18-13-20(8-5-15(18)11-16)34-24(31)14-3-6-19(7-4-14)25(27,28)29/h3-10,13,16-17,23,30H,1-2,11-12H2/t16?,17?,23-/m1/s1. The van der Waals surface area contributed by atoms with Crippen LogP contribution in [-0.2, 0) is 29.0 Å². The molecule has 1 N–H and O–H groups in total. The predicted molar refractivity (Wildman–Crippen MR) is 130 cm³/mol. The Labute approximate surface area is 215 Å². The number of nitrogens with one attached hydrogen (secondary N) is 1. The summed E-state index contributed by atoms with van der Waals surface area (Å²) in [6.45, 7) is 0. The summed E-state index contributed by atoms with van der Waals surface area (Å²) in [4.78, 5) is 12.5. The SMILES string of the molecule is O=C(Oc1ccc2c(c1)CC1CCC(C2)[C@H]1NS(=O)(=O)c1ccc(Cl)s1)c1ccc(C(F)(F)F)cc1. The molecule has 1 fully saturated rings. The second-order valence-corrected chi connectivity index (χ2v) is 12.8. The van der Waals surface area contributed by atoms with Crippen LogP contribution in [0.4, 0.5) is 13.2 Å². The first-order valence-electron chi connectivity index (χ1n) is 11.3. The van der Waals surface area contributed by atoms with Crippen LogP contribution in [0.15, 0.2) is 58.8 Å². The third-order valence-electron chi connectivity index (χ3n) is 6.83. The maximum Gasteiger partial charge on any atom is 0.416 e. The Morgan fingerprint density at radius 1 is 0.972 bits per heavy atom. The van der Waals surface area contributed by atoms with Crippen LogP contribution in [0.25, 0.3) is 0 Å². The molecule has 0 saturated heterocycles. The van der Waals surface area contributed by atoms with E-state index in [1.807, 2.05) is 6.07 Å². The number of ether oxygens (including phenoxy) is 1. The van der Waals surface area contributed by atoms with E-state index in [-0.39, 0.29) is 27.7 Å². The van der Waals surface area contributed by atoms with Crippen molar-refractivity contribution in [3.8, 4) is 5.75 Å². The van der Waals surface area contributed by atoms with E-state index in [9.17, 15) is 26.4 Å². The van der Waals surface area contributed by atoms with Crippen LogP contribution in [0.3, 0.4) is 0 Å². The van der Waals surface area contributed by atoms with Gasteiger partial charge in [0.05, 0.1) is 15.5 Å². The number of hydrogen-bond donors (Lipinski definition) is 1. The second-order valence-electron chi connectivity index (χ2n) is 9.11. The summed E-state index contributed by atoms with van der Waals surface area (Å²) in [6.07, 6.45) is -1.39. The molecule has 5 rings (SSSR count). The van der Waals surface area contributed by atoms with E-state index in [0.29, 0.717) is 22.9 Å². The zero-order valence-corrected chi connectivity index (χ0v) is 21.1. The van der Waals surface area contributed by atoms with Crippen molar-refractivity contribution >= 4 is 38.9 Å². The molecule has 0 radical (unpaired) electrons. The van der Waals surface area contributed by atoms with Crippen LogP contribution in [0, 0.1) is 11.8 Å². The Hall–Kier alpha value is -2.40. The molecule has 3 atom stereocenters. The van der Waals surface area contributed by atoms with Crippen molar-refractivity contribution in [3.05, 3.63) is 81.2 Å². The molecule has 1 aromatic heterocycles. The fraction of sp³-hybridized carbons (Fsp3) is 0.320. The second kappa shape index (κ2) is 9.48. The van der Waals surface area contributed by atoms with Crippen molar-refractivity contribution in [1.29, 1.82) is 0 Å². The van der Waals surface area contributed by atoms with Gasteiger partial charge < -0.3 is 4.74 Å². The highest BCUT2D eigenvalue weighted by Gasteiger charge is 2.41. The Balaban J connectivity index is 1.31. The van der Waals surface area contributed by atoms with Gasteiger partial charge in [0.25, 0.3) is 0 Å². The van der Waals surface area contributed by atoms with Crippen molar-refractivity contribution in [1.82, 2.24) is 4.72 Å². The first-order valence-corrected chi connectivity index (χ1v) is 14.0. The van der Waals surface area contributed by atoms with Gasteiger partial charge in [0.1, 0.15) is 9.96 Å². The fourth-order valence-electron chi connectivity index (χ4n) is 5.08. The number of halogens is 4. The van der Waals surface area contributed by atoms with Crippen molar-refractivity contribution < 1.29 is 31.1 Å². The van der Waals surface area contributed by atoms with Crippen LogP contribution in [-0.4, -0.2) is 20.4 Å². The molecule has 36 heavy (non-hydrogen) atoms. The number of rotatable bonds is 5. The number of benzene rings is 2. The topological polar surface area (TPSA) is 72.5 Å². The molecule has 1 saturated carbocycles. The van der Waals surface area contributed by atoms with Gasteiger partial charge in [-0.2, -0.15) is 13.2 Å². The molecule has 1 heterocycles. The van der Waals surface area contributed by atoms with Gasteiger partial charge in [-0.3, -0.25) is 0 Å². The van der Waals surface area contributed by atoms with E-state index < -0.39 is 27.7 Å².